The number of hydrogen-bond acceptors (Lipinski definition) is 13. The van der Waals surface area contributed by atoms with Gasteiger partial charge in [0.15, 0.2) is 17.2 Å². The second-order valence-corrected chi connectivity index (χ2v) is 14.7. The van der Waals surface area contributed by atoms with Crippen molar-refractivity contribution in [3.05, 3.63) is 210 Å². The molecule has 0 atom stereocenters. The molecule has 0 amide bonds. The van der Waals surface area contributed by atoms with Gasteiger partial charge >= 0.3 is 25.0 Å². The number of halogens is 9. The zero-order chi connectivity index (χ0) is 54.3. The fourth-order valence-electron chi connectivity index (χ4n) is 5.65. The number of hydrogen-bond donors (Lipinski definition) is 1. The smallest absolute Gasteiger partial charge is 0.406 e. The van der Waals surface area contributed by atoms with Crippen LogP contribution in [0.15, 0.2) is 176 Å². The Kier molecular flexibility index (Phi) is 21.4. The fourth-order valence-corrected chi connectivity index (χ4v) is 5.65. The van der Waals surface area contributed by atoms with Gasteiger partial charge in [0, 0.05) is 24.5 Å². The van der Waals surface area contributed by atoms with E-state index in [9.17, 15) is 68.3 Å². The Hall–Kier alpha value is -9.03. The van der Waals surface area contributed by atoms with Gasteiger partial charge in [0.25, 0.3) is 12.4 Å². The number of pyridine rings is 3. The number of aromatic nitrogens is 3. The van der Waals surface area contributed by atoms with E-state index in [0.717, 1.165) is 82.8 Å². The lowest BCUT2D eigenvalue weighted by Gasteiger charge is -2.15. The van der Waals surface area contributed by atoms with Crippen LogP contribution in [-0.2, 0) is 49.0 Å². The van der Waals surface area contributed by atoms with Crippen molar-refractivity contribution in [1.29, 1.82) is 0 Å². The zero-order valence-electron chi connectivity index (χ0n) is 37.9. The quantitative estimate of drug-likeness (QED) is 0.0716. The normalized spacial score (nSPS) is 10.9. The van der Waals surface area contributed by atoms with Crippen molar-refractivity contribution >= 4 is 12.9 Å². The molecule has 1 N–H and O–H groups in total. The fraction of sp³-hybridized carbons (Fsp3) is 0.184. The summed E-state index contributed by atoms with van der Waals surface area (Å²) in [4.78, 5) is 65.9. The first kappa shape index (κ1) is 57.5. The molecule has 7 aromatic rings. The zero-order valence-corrected chi connectivity index (χ0v) is 37.9. The number of benzene rings is 3. The van der Waals surface area contributed by atoms with Gasteiger partial charge in [-0.25, -0.2) is 0 Å². The molecule has 3 aromatic carbocycles. The Morgan fingerprint density at radius 2 is 0.905 bits per heavy atom. The van der Waals surface area contributed by atoms with Gasteiger partial charge in [-0.2, -0.15) is 39.5 Å². The Morgan fingerprint density at radius 1 is 0.486 bits per heavy atom. The molecule has 392 valence electrons. The maximum atomic E-state index is 12.6. The summed E-state index contributed by atoms with van der Waals surface area (Å²) in [5, 5.41) is 8.80. The molecule has 0 bridgehead atoms. The number of carbonyl (C=O) groups excluding carboxylic acids is 2. The van der Waals surface area contributed by atoms with Crippen molar-refractivity contribution in [2.75, 3.05) is 0 Å². The van der Waals surface area contributed by atoms with Gasteiger partial charge in [-0.1, -0.05) is 91.0 Å². The standard InChI is InChI=1S/C15H12F3NO4.C14H12F3NO2.C13H10O5.C7H6F3NO2/c16-15(17,18)9-19-7-13(12(21)6-14(19)23-10-20)22-8-11-4-2-1-3-5-11;15-14(16,17)10-18-7-6-12(19)13(8-18)20-9-11-4-2-1-3-5-11;14-9-18-13-6-11(15)12(8-17-13)16-7-10-4-2-1-3-5-10;8-7(9,10)4-11-2-1-5(12)6(13)3-11/h1-7,10H,8-9H2;1-8H,9-10H2;1-6,8-9H,7H2;1-3,13H,4H2. The summed E-state index contributed by atoms with van der Waals surface area (Å²) in [6.07, 6.45) is -7.39. The van der Waals surface area contributed by atoms with Crippen LogP contribution < -0.4 is 45.4 Å². The molecule has 0 aliphatic rings. The average molecular weight is 1050 g/mol. The lowest BCUT2D eigenvalue weighted by atomic mass is 10.2. The van der Waals surface area contributed by atoms with E-state index in [0.29, 0.717) is 9.13 Å². The summed E-state index contributed by atoms with van der Waals surface area (Å²) in [6, 6.07) is 31.1. The molecule has 0 spiro atoms. The summed E-state index contributed by atoms with van der Waals surface area (Å²) in [6.45, 7) is -3.25. The van der Waals surface area contributed by atoms with Crippen LogP contribution in [0.1, 0.15) is 16.7 Å². The molecule has 0 unspecified atom stereocenters. The third-order valence-corrected chi connectivity index (χ3v) is 8.85. The second kappa shape index (κ2) is 27.5. The van der Waals surface area contributed by atoms with Gasteiger partial charge in [-0.3, -0.25) is 28.8 Å². The number of nitrogens with zero attached hydrogens (tertiary/aromatic N) is 3. The van der Waals surface area contributed by atoms with Crippen LogP contribution in [0.25, 0.3) is 0 Å². The maximum absolute atomic E-state index is 12.6. The highest BCUT2D eigenvalue weighted by Gasteiger charge is 2.30. The summed E-state index contributed by atoms with van der Waals surface area (Å²) < 4.78 is 142. The highest BCUT2D eigenvalue weighted by atomic mass is 19.4. The molecule has 0 saturated heterocycles. The van der Waals surface area contributed by atoms with Crippen LogP contribution in [0, 0.1) is 0 Å². The molecule has 25 heteroatoms. The SMILES string of the molecule is O=COc1cc(=O)c(OCc2ccccc2)cn1CC(F)(F)F.O=COc1cc(=O)c(OCc2ccccc2)co1.O=c1ccn(CC(F)(F)F)cc1O.O=c1ccn(CC(F)(F)F)cc1OCc1ccccc1. The Bertz CT molecular complexity index is 3110. The molecule has 7 rings (SSSR count). The van der Waals surface area contributed by atoms with Crippen LogP contribution in [0.2, 0.25) is 0 Å². The summed E-state index contributed by atoms with van der Waals surface area (Å²) >= 11 is 0. The van der Waals surface area contributed by atoms with Crippen LogP contribution in [0.3, 0.4) is 0 Å². The van der Waals surface area contributed by atoms with E-state index >= 15 is 0 Å². The van der Waals surface area contributed by atoms with E-state index < -0.39 is 71.5 Å². The Morgan fingerprint density at radius 3 is 1.34 bits per heavy atom. The second-order valence-electron chi connectivity index (χ2n) is 14.7. The highest BCUT2D eigenvalue weighted by molar-refractivity contribution is 5.44. The summed E-state index contributed by atoms with van der Waals surface area (Å²) in [5.74, 6) is -1.66. The van der Waals surface area contributed by atoms with E-state index in [1.54, 1.807) is 42.5 Å². The van der Waals surface area contributed by atoms with Crippen molar-refractivity contribution in [2.24, 2.45) is 0 Å². The highest BCUT2D eigenvalue weighted by Crippen LogP contribution is 2.24. The lowest BCUT2D eigenvalue weighted by molar-refractivity contribution is -0.143. The molecule has 4 aromatic heterocycles. The van der Waals surface area contributed by atoms with E-state index in [4.69, 9.17) is 23.7 Å². The van der Waals surface area contributed by atoms with E-state index in [1.807, 2.05) is 48.5 Å². The predicted octanol–water partition coefficient (Wildman–Crippen LogP) is 8.38. The van der Waals surface area contributed by atoms with Gasteiger partial charge in [0.1, 0.15) is 45.7 Å². The minimum Gasteiger partial charge on any atom is -0.503 e. The molecule has 0 fully saturated rings. The first-order valence-electron chi connectivity index (χ1n) is 20.9. The van der Waals surface area contributed by atoms with Crippen molar-refractivity contribution in [1.82, 2.24) is 13.7 Å². The van der Waals surface area contributed by atoms with Crippen LogP contribution in [0.4, 0.5) is 39.5 Å². The molecular weight excluding hydrogens is 1010 g/mol. The lowest BCUT2D eigenvalue weighted by Crippen LogP contribution is -2.21. The van der Waals surface area contributed by atoms with Crippen molar-refractivity contribution in [2.45, 2.75) is 58.0 Å². The average Bonchev–Trinajstić information content (AvgIpc) is 3.33. The van der Waals surface area contributed by atoms with Crippen molar-refractivity contribution < 1.29 is 82.3 Å². The van der Waals surface area contributed by atoms with Crippen molar-refractivity contribution in [3.8, 4) is 34.8 Å². The Balaban J connectivity index is 0.000000217. The minimum atomic E-state index is -4.55. The van der Waals surface area contributed by atoms with E-state index in [2.05, 4.69) is 9.47 Å². The molecule has 4 heterocycles. The maximum Gasteiger partial charge on any atom is 0.406 e. The third kappa shape index (κ3) is 21.5. The number of rotatable bonds is 16. The van der Waals surface area contributed by atoms with E-state index in [1.165, 1.54) is 0 Å². The monoisotopic (exact) mass is 1050 g/mol. The number of alkyl halides is 9. The first-order chi connectivity index (χ1) is 35.0. The third-order valence-electron chi connectivity index (χ3n) is 8.85. The van der Waals surface area contributed by atoms with Gasteiger partial charge in [0.2, 0.25) is 33.3 Å². The minimum absolute atomic E-state index is 0.0238. The molecular formula is C49H40F9N3O13. The molecule has 74 heavy (non-hydrogen) atoms. The topological polar surface area (TPSA) is 197 Å². The number of carbonyl (C=O) groups is 2. The Labute approximate surface area is 411 Å². The summed E-state index contributed by atoms with van der Waals surface area (Å²) in [7, 11) is 0. The predicted molar refractivity (Wildman–Crippen MR) is 243 cm³/mol. The van der Waals surface area contributed by atoms with Crippen LogP contribution >= 0.6 is 0 Å². The first-order valence-corrected chi connectivity index (χ1v) is 20.9. The van der Waals surface area contributed by atoms with Crippen LogP contribution in [-0.4, -0.2) is 50.3 Å². The number of aromatic hydroxyl groups is 1. The summed E-state index contributed by atoms with van der Waals surface area (Å²) in [5.41, 5.74) is 0.286. The molecule has 0 saturated carbocycles. The number of ether oxygens (including phenoxy) is 5. The molecule has 16 nitrogen and oxygen atoms in total. The van der Waals surface area contributed by atoms with Gasteiger partial charge < -0.3 is 46.9 Å². The van der Waals surface area contributed by atoms with Gasteiger partial charge in [-0.05, 0) is 16.7 Å². The van der Waals surface area contributed by atoms with Crippen molar-refractivity contribution in [3.63, 3.8) is 0 Å². The van der Waals surface area contributed by atoms with Gasteiger partial charge in [0.05, 0.1) is 30.7 Å². The molecule has 0 aliphatic carbocycles. The van der Waals surface area contributed by atoms with Gasteiger partial charge in [-0.15, -0.1) is 0 Å². The van der Waals surface area contributed by atoms with Crippen LogP contribution in [0.5, 0.6) is 34.8 Å². The molecule has 0 radical (unpaired) electrons. The van der Waals surface area contributed by atoms with E-state index in [-0.39, 0.29) is 56.0 Å². The molecule has 0 aliphatic heterocycles. The largest absolute Gasteiger partial charge is 0.503 e.